The molecule has 1 saturated heterocycles. The Morgan fingerprint density at radius 2 is 2.06 bits per heavy atom. The van der Waals surface area contributed by atoms with Crippen LogP contribution < -0.4 is 10.1 Å². The first-order chi connectivity index (χ1) is 14.9. The minimum atomic E-state index is -3.68. The van der Waals surface area contributed by atoms with E-state index in [1.165, 1.54) is 27.8 Å². The maximum Gasteiger partial charge on any atom is 0.243 e. The van der Waals surface area contributed by atoms with Crippen molar-refractivity contribution in [2.24, 2.45) is 5.92 Å². The maximum atomic E-state index is 13.0. The van der Waals surface area contributed by atoms with Gasteiger partial charge in [-0.1, -0.05) is 22.9 Å². The van der Waals surface area contributed by atoms with Crippen LogP contribution in [-0.2, 0) is 14.8 Å². The topological polar surface area (TPSA) is 88.6 Å². The van der Waals surface area contributed by atoms with Gasteiger partial charge in [0, 0.05) is 18.1 Å². The number of carbonyl (C=O) groups is 1. The summed E-state index contributed by atoms with van der Waals surface area (Å²) in [5.41, 5.74) is 0.777. The Hall–Kier alpha value is -2.20. The van der Waals surface area contributed by atoms with Crippen LogP contribution in [-0.4, -0.2) is 43.3 Å². The van der Waals surface area contributed by atoms with E-state index in [1.807, 2.05) is 25.1 Å². The molecule has 0 radical (unpaired) electrons. The molecule has 10 heteroatoms. The van der Waals surface area contributed by atoms with Crippen LogP contribution in [0.25, 0.3) is 10.2 Å². The van der Waals surface area contributed by atoms with Gasteiger partial charge in [0.15, 0.2) is 5.13 Å². The summed E-state index contributed by atoms with van der Waals surface area (Å²) in [4.78, 5) is 17.5. The summed E-state index contributed by atoms with van der Waals surface area (Å²) in [7, 11) is -3.68. The van der Waals surface area contributed by atoms with Crippen molar-refractivity contribution in [1.29, 1.82) is 0 Å². The zero-order chi connectivity index (χ0) is 22.0. The lowest BCUT2D eigenvalue weighted by molar-refractivity contribution is -0.120. The van der Waals surface area contributed by atoms with E-state index in [0.717, 1.165) is 16.0 Å². The Labute approximate surface area is 190 Å². The fourth-order valence-corrected chi connectivity index (χ4v) is 6.10. The van der Waals surface area contributed by atoms with Crippen LogP contribution >= 0.6 is 22.9 Å². The SMILES string of the molecule is CCOc1ccc2nc(NC(=O)C3CCCN(S(=O)(=O)c4ccc(Cl)cc4)C3)sc2c1. The monoisotopic (exact) mass is 479 g/mol. The first-order valence-electron chi connectivity index (χ1n) is 9.97. The van der Waals surface area contributed by atoms with E-state index in [4.69, 9.17) is 16.3 Å². The maximum absolute atomic E-state index is 13.0. The third kappa shape index (κ3) is 4.85. The summed E-state index contributed by atoms with van der Waals surface area (Å²) in [6.07, 6.45) is 1.24. The number of fused-ring (bicyclic) bond motifs is 1. The van der Waals surface area contributed by atoms with Gasteiger partial charge in [-0.3, -0.25) is 4.79 Å². The van der Waals surface area contributed by atoms with Gasteiger partial charge in [0.25, 0.3) is 0 Å². The van der Waals surface area contributed by atoms with Crippen LogP contribution in [0.5, 0.6) is 5.75 Å². The van der Waals surface area contributed by atoms with Gasteiger partial charge in [0.05, 0.1) is 27.6 Å². The molecule has 1 aromatic heterocycles. The first kappa shape index (κ1) is 22.0. The molecule has 4 rings (SSSR count). The molecule has 0 aliphatic carbocycles. The summed E-state index contributed by atoms with van der Waals surface area (Å²) < 4.78 is 33.7. The molecule has 0 saturated carbocycles. The highest BCUT2D eigenvalue weighted by atomic mass is 35.5. The van der Waals surface area contributed by atoms with Gasteiger partial charge in [0.2, 0.25) is 15.9 Å². The summed E-state index contributed by atoms with van der Waals surface area (Å²) in [5, 5.41) is 3.82. The fraction of sp³-hybridized carbons (Fsp3) is 0.333. The number of piperidine rings is 1. The van der Waals surface area contributed by atoms with Gasteiger partial charge in [-0.2, -0.15) is 4.31 Å². The van der Waals surface area contributed by atoms with E-state index in [9.17, 15) is 13.2 Å². The van der Waals surface area contributed by atoms with Crippen LogP contribution in [0.1, 0.15) is 19.8 Å². The van der Waals surface area contributed by atoms with Gasteiger partial charge in [0.1, 0.15) is 5.75 Å². The molecule has 1 aliphatic rings. The number of hydrogen-bond donors (Lipinski definition) is 1. The second kappa shape index (κ2) is 9.12. The van der Waals surface area contributed by atoms with E-state index < -0.39 is 15.9 Å². The first-order valence-corrected chi connectivity index (χ1v) is 12.6. The van der Waals surface area contributed by atoms with E-state index in [0.29, 0.717) is 36.1 Å². The number of amides is 1. The molecule has 1 aliphatic heterocycles. The van der Waals surface area contributed by atoms with Crippen molar-refractivity contribution in [3.05, 3.63) is 47.5 Å². The van der Waals surface area contributed by atoms with Crippen LogP contribution in [0.15, 0.2) is 47.4 Å². The summed E-state index contributed by atoms with van der Waals surface area (Å²) in [5.74, 6) is 0.0915. The highest BCUT2D eigenvalue weighted by Crippen LogP contribution is 2.31. The summed E-state index contributed by atoms with van der Waals surface area (Å²) in [6, 6.07) is 11.7. The van der Waals surface area contributed by atoms with Crippen molar-refractivity contribution in [3.63, 3.8) is 0 Å². The second-order valence-corrected chi connectivity index (χ2v) is 10.6. The normalized spacial score (nSPS) is 17.5. The molecule has 7 nitrogen and oxygen atoms in total. The Kier molecular flexibility index (Phi) is 6.47. The molecule has 1 amide bonds. The number of anilines is 1. The number of sulfonamides is 1. The van der Waals surface area contributed by atoms with Crippen LogP contribution in [0, 0.1) is 5.92 Å². The van der Waals surface area contributed by atoms with Crippen molar-refractivity contribution in [2.45, 2.75) is 24.7 Å². The van der Waals surface area contributed by atoms with Gasteiger partial charge < -0.3 is 10.1 Å². The molecule has 1 fully saturated rings. The smallest absolute Gasteiger partial charge is 0.243 e. The Morgan fingerprint density at radius 1 is 1.29 bits per heavy atom. The van der Waals surface area contributed by atoms with Crippen LogP contribution in [0.2, 0.25) is 5.02 Å². The predicted molar refractivity (Wildman–Crippen MR) is 122 cm³/mol. The van der Waals surface area contributed by atoms with Gasteiger partial charge >= 0.3 is 0 Å². The van der Waals surface area contributed by atoms with Crippen molar-refractivity contribution in [3.8, 4) is 5.75 Å². The third-order valence-corrected chi connectivity index (χ3v) is 8.17. The quantitative estimate of drug-likeness (QED) is 0.566. The van der Waals surface area contributed by atoms with Crippen molar-refractivity contribution < 1.29 is 17.9 Å². The Balaban J connectivity index is 1.46. The standard InChI is InChI=1S/C21H22ClN3O4S2/c1-2-29-16-7-10-18-19(12-16)30-21(23-18)24-20(26)14-4-3-11-25(13-14)31(27,28)17-8-5-15(22)6-9-17/h5-10,12,14H,2-4,11,13H2,1H3,(H,23,24,26). The zero-order valence-electron chi connectivity index (χ0n) is 16.9. The highest BCUT2D eigenvalue weighted by Gasteiger charge is 2.33. The van der Waals surface area contributed by atoms with Crippen LogP contribution in [0.3, 0.4) is 0 Å². The van der Waals surface area contributed by atoms with Gasteiger partial charge in [-0.25, -0.2) is 13.4 Å². The number of rotatable bonds is 6. The minimum Gasteiger partial charge on any atom is -0.494 e. The number of halogens is 1. The van der Waals surface area contributed by atoms with Gasteiger partial charge in [-0.05, 0) is 62.2 Å². The molecule has 1 unspecified atom stereocenters. The number of nitrogens with one attached hydrogen (secondary N) is 1. The fourth-order valence-electron chi connectivity index (χ4n) is 3.55. The lowest BCUT2D eigenvalue weighted by Crippen LogP contribution is -2.43. The number of nitrogens with zero attached hydrogens (tertiary/aromatic N) is 2. The number of hydrogen-bond acceptors (Lipinski definition) is 6. The molecule has 0 spiro atoms. The lowest BCUT2D eigenvalue weighted by atomic mass is 9.99. The second-order valence-electron chi connectivity index (χ2n) is 7.23. The number of carbonyl (C=O) groups excluding carboxylic acids is 1. The Morgan fingerprint density at radius 3 is 2.81 bits per heavy atom. The lowest BCUT2D eigenvalue weighted by Gasteiger charge is -2.31. The number of thiazole rings is 1. The molecular weight excluding hydrogens is 458 g/mol. The molecule has 1 atom stereocenters. The largest absolute Gasteiger partial charge is 0.494 e. The van der Waals surface area contributed by atoms with E-state index in [-0.39, 0.29) is 17.3 Å². The molecule has 1 N–H and O–H groups in total. The minimum absolute atomic E-state index is 0.135. The number of benzene rings is 2. The third-order valence-electron chi connectivity index (χ3n) is 5.11. The highest BCUT2D eigenvalue weighted by molar-refractivity contribution is 7.89. The molecule has 2 aromatic carbocycles. The van der Waals surface area contributed by atoms with Crippen LogP contribution in [0.4, 0.5) is 5.13 Å². The molecule has 164 valence electrons. The molecule has 0 bridgehead atoms. The Bertz CT molecular complexity index is 1200. The van der Waals surface area contributed by atoms with Crippen molar-refractivity contribution >= 4 is 54.2 Å². The zero-order valence-corrected chi connectivity index (χ0v) is 19.3. The average Bonchev–Trinajstić information content (AvgIpc) is 3.16. The molecule has 2 heterocycles. The summed E-state index contributed by atoms with van der Waals surface area (Å²) >= 11 is 7.24. The van der Waals surface area contributed by atoms with Gasteiger partial charge in [-0.15, -0.1) is 0 Å². The number of ether oxygens (including phenoxy) is 1. The van der Waals surface area contributed by atoms with E-state index >= 15 is 0 Å². The predicted octanol–water partition coefficient (Wildman–Crippen LogP) is 4.39. The van der Waals surface area contributed by atoms with E-state index in [1.54, 1.807) is 12.1 Å². The number of aromatic nitrogens is 1. The average molecular weight is 480 g/mol. The molecule has 3 aromatic rings. The molecule has 31 heavy (non-hydrogen) atoms. The molecular formula is C21H22ClN3O4S2. The van der Waals surface area contributed by atoms with E-state index in [2.05, 4.69) is 10.3 Å². The van der Waals surface area contributed by atoms with Crippen molar-refractivity contribution in [1.82, 2.24) is 9.29 Å². The van der Waals surface area contributed by atoms with Crippen molar-refractivity contribution in [2.75, 3.05) is 25.0 Å². The summed E-state index contributed by atoms with van der Waals surface area (Å²) in [6.45, 7) is 3.01.